The molecule has 1 saturated heterocycles. The van der Waals surface area contributed by atoms with Gasteiger partial charge in [-0.2, -0.15) is 0 Å². The second kappa shape index (κ2) is 21.9. The highest BCUT2D eigenvalue weighted by Crippen LogP contribution is 2.66. The van der Waals surface area contributed by atoms with Crippen molar-refractivity contribution < 1.29 is 67.0 Å². The summed E-state index contributed by atoms with van der Waals surface area (Å²) >= 11 is 1.39. The molecule has 0 radical (unpaired) electrons. The van der Waals surface area contributed by atoms with E-state index in [0.717, 1.165) is 0 Å². The normalized spacial score (nSPS) is 30.4. The molecule has 0 spiro atoms. The quantitative estimate of drug-likeness (QED) is 0.0365. The number of thioether (sulfide) groups is 1. The molecule has 390 valence electrons. The van der Waals surface area contributed by atoms with E-state index in [-0.39, 0.29) is 30.1 Å². The summed E-state index contributed by atoms with van der Waals surface area (Å²) < 4.78 is 46.0. The lowest BCUT2D eigenvalue weighted by Crippen LogP contribution is -2.82. The minimum atomic E-state index is -2.73. The maximum absolute atomic E-state index is 15.6. The van der Waals surface area contributed by atoms with Gasteiger partial charge in [0.15, 0.2) is 26.1 Å². The molecule has 4 aliphatic rings. The highest BCUT2D eigenvalue weighted by molar-refractivity contribution is 7.98. The van der Waals surface area contributed by atoms with Crippen LogP contribution in [0.2, 0.25) is 18.1 Å². The van der Waals surface area contributed by atoms with Crippen molar-refractivity contribution in [3.05, 3.63) is 119 Å². The number of hydrogen-bond acceptors (Lipinski definition) is 15. The molecule has 2 saturated carbocycles. The molecule has 0 unspecified atom stereocenters. The number of hydrogen-bond donors (Lipinski definition) is 3. The molecule has 72 heavy (non-hydrogen) atoms. The average Bonchev–Trinajstić information content (AvgIpc) is 3.36. The van der Waals surface area contributed by atoms with Gasteiger partial charge in [-0.25, -0.2) is 9.59 Å². The zero-order chi connectivity index (χ0) is 52.4. The van der Waals surface area contributed by atoms with Crippen LogP contribution >= 0.6 is 11.8 Å². The second-order valence-electron chi connectivity index (χ2n) is 20.4. The van der Waals surface area contributed by atoms with Gasteiger partial charge in [0.05, 0.1) is 36.2 Å². The molecule has 12 atom stereocenters. The van der Waals surface area contributed by atoms with Crippen LogP contribution in [0, 0.1) is 16.7 Å². The third kappa shape index (κ3) is 9.94. The Morgan fingerprint density at radius 1 is 0.833 bits per heavy atom. The van der Waals surface area contributed by atoms with Crippen LogP contribution in [0.15, 0.2) is 102 Å². The van der Waals surface area contributed by atoms with Gasteiger partial charge in [-0.15, -0.1) is 11.8 Å². The minimum absolute atomic E-state index is 0.118. The fourth-order valence-corrected chi connectivity index (χ4v) is 15.2. The second-order valence-corrected chi connectivity index (χ2v) is 26.0. The Labute approximate surface area is 428 Å². The smallest absolute Gasteiger partial charge is 0.338 e. The summed E-state index contributed by atoms with van der Waals surface area (Å²) in [5, 5.41) is 30.8. The molecule has 3 aromatic carbocycles. The first-order valence-corrected chi connectivity index (χ1v) is 28.9. The molecule has 3 aliphatic carbocycles. The Morgan fingerprint density at radius 3 is 1.94 bits per heavy atom. The molecule has 3 fully saturated rings. The predicted octanol–water partition coefficient (Wildman–Crippen LogP) is 7.90. The van der Waals surface area contributed by atoms with Crippen molar-refractivity contribution in [1.29, 1.82) is 0 Å². The SMILES string of the molecule is CC[Si](CC)(CC)O[C@@H](C(=O)O[C@H]1C[C@@]2(O)[C@@H](OC(=O)c3ccccc3)[C@@H]3[C@]4(OC(C)=O)CO[C@@H]4C[C@H](OCSC)[C@@]3(C)[C@@H](O)[C@@H](OC(C)=O)C(=C1C)C2(C)C)[C@@H](NC(=O)c1ccccc1)c1ccccc1. The highest BCUT2D eigenvalue weighted by atomic mass is 32.2. The number of carbonyl (C=O) groups is 5. The molecule has 7 rings (SSSR count). The molecule has 17 heteroatoms. The van der Waals surface area contributed by atoms with Crippen LogP contribution in [-0.2, 0) is 47.2 Å². The third-order valence-corrected chi connectivity index (χ3v) is 21.3. The lowest BCUT2D eigenvalue weighted by atomic mass is 9.44. The number of esters is 4. The molecular weight excluding hydrogens is 959 g/mol. The van der Waals surface area contributed by atoms with Gasteiger partial charge < -0.3 is 48.4 Å². The first kappa shape index (κ1) is 54.9. The summed E-state index contributed by atoms with van der Waals surface area (Å²) in [5.74, 6) is -4.72. The van der Waals surface area contributed by atoms with E-state index in [1.807, 2.05) is 33.1 Å². The van der Waals surface area contributed by atoms with E-state index in [4.69, 9.17) is 32.8 Å². The molecule has 3 N–H and O–H groups in total. The Hall–Kier alpha value is -4.88. The Morgan fingerprint density at radius 2 is 1.42 bits per heavy atom. The number of ether oxygens (including phenoxy) is 6. The molecule has 1 aliphatic heterocycles. The van der Waals surface area contributed by atoms with Gasteiger partial charge in [0.1, 0.15) is 30.0 Å². The van der Waals surface area contributed by atoms with Crippen LogP contribution in [0.3, 0.4) is 0 Å². The summed E-state index contributed by atoms with van der Waals surface area (Å²) in [6.45, 7) is 15.2. The number of nitrogens with one attached hydrogen (secondary N) is 1. The predicted molar refractivity (Wildman–Crippen MR) is 272 cm³/mol. The molecule has 1 amide bonds. The number of amides is 1. The molecular formula is C55H71NO14SSi. The van der Waals surface area contributed by atoms with Crippen molar-refractivity contribution >= 4 is 49.9 Å². The highest BCUT2D eigenvalue weighted by Gasteiger charge is 2.78. The minimum Gasteiger partial charge on any atom is -0.456 e. The fourth-order valence-electron chi connectivity index (χ4n) is 12.2. The fraction of sp³-hybridized carbons (Fsp3) is 0.545. The largest absolute Gasteiger partial charge is 0.456 e. The Balaban J connectivity index is 1.46. The first-order valence-electron chi connectivity index (χ1n) is 24.9. The maximum atomic E-state index is 15.6. The Bertz CT molecular complexity index is 2460. The van der Waals surface area contributed by atoms with Crippen molar-refractivity contribution in [3.63, 3.8) is 0 Å². The maximum Gasteiger partial charge on any atom is 0.338 e. The van der Waals surface area contributed by atoms with Gasteiger partial charge in [-0.3, -0.25) is 14.4 Å². The molecule has 3 aromatic rings. The van der Waals surface area contributed by atoms with Crippen molar-refractivity contribution in [2.45, 2.75) is 153 Å². The van der Waals surface area contributed by atoms with E-state index in [1.54, 1.807) is 113 Å². The van der Waals surface area contributed by atoms with Crippen molar-refractivity contribution in [3.8, 4) is 0 Å². The van der Waals surface area contributed by atoms with Gasteiger partial charge >= 0.3 is 23.9 Å². The van der Waals surface area contributed by atoms with Gasteiger partial charge in [0.2, 0.25) is 0 Å². The van der Waals surface area contributed by atoms with Crippen molar-refractivity contribution in [2.75, 3.05) is 18.8 Å². The molecule has 15 nitrogen and oxygen atoms in total. The molecule has 0 aromatic heterocycles. The summed E-state index contributed by atoms with van der Waals surface area (Å²) in [6.07, 6.45) is -7.84. The zero-order valence-electron chi connectivity index (χ0n) is 43.0. The lowest BCUT2D eigenvalue weighted by molar-refractivity contribution is -0.367. The van der Waals surface area contributed by atoms with Gasteiger partial charge in [0, 0.05) is 43.1 Å². The van der Waals surface area contributed by atoms with Crippen LogP contribution in [0.1, 0.15) is 107 Å². The number of aliphatic hydroxyl groups excluding tert-OH is 1. The lowest BCUT2D eigenvalue weighted by Gasteiger charge is -2.69. The Kier molecular flexibility index (Phi) is 16.7. The van der Waals surface area contributed by atoms with E-state index >= 15 is 4.79 Å². The molecule has 2 bridgehead atoms. The standard InChI is InChI=1S/C55H71NO14SSi/c1-11-72(12-2,13-3)70-45(43(36-23-17-14-18-24-36)56-49(60)37-25-19-15-20-26-37)51(62)67-39-30-55(63)48(68-50(61)38-27-21-16-22-28-38)46-53(9,47(59)44(66-34(5)57)42(33(39)4)52(55,7)8)40(65-32-71-10)29-41-54(46,31-64-41)69-35(6)58/h14-28,39-41,43-48,59,63H,11-13,29-32H2,1-10H3,(H,56,60)/t39-,40-,41+,43-,44-,45+,46-,47-,48-,53+,54-,55+/m0/s1. The van der Waals surface area contributed by atoms with Crippen molar-refractivity contribution in [1.82, 2.24) is 5.32 Å². The van der Waals surface area contributed by atoms with Gasteiger partial charge in [-0.1, -0.05) is 108 Å². The first-order chi connectivity index (χ1) is 34.2. The van der Waals surface area contributed by atoms with Crippen molar-refractivity contribution in [2.24, 2.45) is 16.7 Å². The third-order valence-electron chi connectivity index (χ3n) is 16.4. The summed E-state index contributed by atoms with van der Waals surface area (Å²) in [7, 11) is -2.73. The van der Waals surface area contributed by atoms with E-state index in [2.05, 4.69) is 5.32 Å². The summed E-state index contributed by atoms with van der Waals surface area (Å²) in [6, 6.07) is 26.8. The number of aliphatic hydroxyl groups is 2. The van der Waals surface area contributed by atoms with Crippen LogP contribution in [0.5, 0.6) is 0 Å². The summed E-state index contributed by atoms with van der Waals surface area (Å²) in [5.41, 5.74) is -5.40. The number of rotatable bonds is 18. The van der Waals surface area contributed by atoms with E-state index < -0.39 is 121 Å². The summed E-state index contributed by atoms with van der Waals surface area (Å²) in [4.78, 5) is 71.3. The number of fused-ring (bicyclic) bond motifs is 5. The zero-order valence-corrected chi connectivity index (χ0v) is 44.8. The monoisotopic (exact) mass is 1030 g/mol. The number of carbonyl (C=O) groups excluding carboxylic acids is 5. The van der Waals surface area contributed by atoms with E-state index in [9.17, 15) is 29.4 Å². The number of benzene rings is 3. The van der Waals surface area contributed by atoms with Gasteiger partial charge in [0.25, 0.3) is 5.91 Å². The van der Waals surface area contributed by atoms with E-state index in [1.165, 1.54) is 25.6 Å². The van der Waals surface area contributed by atoms with E-state index in [0.29, 0.717) is 34.8 Å². The topological polar surface area (TPSA) is 202 Å². The van der Waals surface area contributed by atoms with Gasteiger partial charge in [-0.05, 0) is 72.3 Å². The molecule has 1 heterocycles. The van der Waals surface area contributed by atoms with Crippen LogP contribution in [0.4, 0.5) is 0 Å². The average molecular weight is 1030 g/mol. The van der Waals surface area contributed by atoms with Crippen LogP contribution in [-0.4, -0.2) is 121 Å². The van der Waals surface area contributed by atoms with Crippen LogP contribution in [0.25, 0.3) is 0 Å². The van der Waals surface area contributed by atoms with Crippen LogP contribution < -0.4 is 5.32 Å².